The highest BCUT2D eigenvalue weighted by atomic mass is 79.9. The number of halogens is 1. The van der Waals surface area contributed by atoms with Gasteiger partial charge in [-0.2, -0.15) is 0 Å². The van der Waals surface area contributed by atoms with Crippen LogP contribution in [0.25, 0.3) is 11.8 Å². The van der Waals surface area contributed by atoms with Crippen molar-refractivity contribution in [1.82, 2.24) is 4.57 Å². The van der Waals surface area contributed by atoms with Gasteiger partial charge in [-0.3, -0.25) is 9.36 Å². The van der Waals surface area contributed by atoms with Crippen LogP contribution in [0, 0.1) is 0 Å². The molecule has 6 rings (SSSR count). The van der Waals surface area contributed by atoms with Crippen molar-refractivity contribution in [2.45, 2.75) is 18.9 Å². The summed E-state index contributed by atoms with van der Waals surface area (Å²) in [4.78, 5) is 21.8. The Labute approximate surface area is 227 Å². The van der Waals surface area contributed by atoms with E-state index in [1.807, 2.05) is 42.9 Å². The Kier molecular flexibility index (Phi) is 6.13. The normalized spacial score (nSPS) is 16.5. The number of allylic oxidation sites excluding steroid dienone is 1. The third-order valence-electron chi connectivity index (χ3n) is 7.06. The quantitative estimate of drug-likeness (QED) is 0.340. The van der Waals surface area contributed by atoms with Crippen molar-refractivity contribution in [2.24, 2.45) is 4.99 Å². The molecule has 1 aliphatic carbocycles. The van der Waals surface area contributed by atoms with Crippen LogP contribution in [0.1, 0.15) is 34.7 Å². The van der Waals surface area contributed by atoms with Crippen LogP contribution in [-0.4, -0.2) is 25.8 Å². The summed E-state index contributed by atoms with van der Waals surface area (Å²) in [5.74, 6) is 0.797. The number of aryl methyl sites for hydroxylation is 1. The second kappa shape index (κ2) is 9.47. The van der Waals surface area contributed by atoms with Crippen molar-refractivity contribution in [3.8, 4) is 5.75 Å². The molecule has 0 amide bonds. The van der Waals surface area contributed by atoms with Gasteiger partial charge in [-0.05, 0) is 81.4 Å². The molecule has 186 valence electrons. The second-order valence-corrected chi connectivity index (χ2v) is 11.4. The van der Waals surface area contributed by atoms with Gasteiger partial charge in [-0.25, -0.2) is 4.99 Å². The number of anilines is 1. The molecule has 3 aromatic carbocycles. The first-order chi connectivity index (χ1) is 17.9. The zero-order chi connectivity index (χ0) is 25.7. The largest absolute Gasteiger partial charge is 0.497 e. The molecule has 0 bridgehead atoms. The van der Waals surface area contributed by atoms with Crippen LogP contribution < -0.4 is 24.5 Å². The predicted molar refractivity (Wildman–Crippen MR) is 154 cm³/mol. The van der Waals surface area contributed by atoms with Crippen molar-refractivity contribution in [3.63, 3.8) is 0 Å². The zero-order valence-corrected chi connectivity index (χ0v) is 23.3. The molecule has 2 heterocycles. The molecule has 0 spiro atoms. The molecule has 1 aliphatic heterocycles. The highest BCUT2D eigenvalue weighted by Crippen LogP contribution is 2.41. The van der Waals surface area contributed by atoms with Gasteiger partial charge in [0.2, 0.25) is 0 Å². The van der Waals surface area contributed by atoms with E-state index in [4.69, 9.17) is 9.73 Å². The van der Waals surface area contributed by atoms with Crippen LogP contribution in [0.2, 0.25) is 0 Å². The molecule has 4 aromatic rings. The summed E-state index contributed by atoms with van der Waals surface area (Å²) >= 11 is 5.12. The van der Waals surface area contributed by atoms with Crippen LogP contribution >= 0.6 is 27.3 Å². The van der Waals surface area contributed by atoms with E-state index in [-0.39, 0.29) is 11.6 Å². The monoisotopic (exact) mass is 571 g/mol. The van der Waals surface area contributed by atoms with E-state index in [2.05, 4.69) is 69.4 Å². The van der Waals surface area contributed by atoms with Crippen molar-refractivity contribution < 1.29 is 4.74 Å². The van der Waals surface area contributed by atoms with Crippen molar-refractivity contribution >= 4 is 44.7 Å². The maximum absolute atomic E-state index is 13.9. The number of nitrogens with zero attached hydrogens (tertiary/aromatic N) is 3. The van der Waals surface area contributed by atoms with Gasteiger partial charge in [0, 0.05) is 24.1 Å². The van der Waals surface area contributed by atoms with Crippen LogP contribution in [0.3, 0.4) is 0 Å². The molecule has 0 radical (unpaired) electrons. The molecule has 37 heavy (non-hydrogen) atoms. The molecule has 0 saturated heterocycles. The maximum Gasteiger partial charge on any atom is 0.271 e. The molecular weight excluding hydrogens is 546 g/mol. The summed E-state index contributed by atoms with van der Waals surface area (Å²) in [7, 11) is 5.69. The number of aromatic nitrogens is 1. The van der Waals surface area contributed by atoms with Crippen LogP contribution in [-0.2, 0) is 6.42 Å². The lowest BCUT2D eigenvalue weighted by Gasteiger charge is -2.30. The first kappa shape index (κ1) is 23.9. The topological polar surface area (TPSA) is 46.8 Å². The van der Waals surface area contributed by atoms with Crippen molar-refractivity contribution in [1.29, 1.82) is 0 Å². The molecule has 0 unspecified atom stereocenters. The molecule has 5 nitrogen and oxygen atoms in total. The number of fused-ring (bicyclic) bond motifs is 3. The number of ether oxygens (including phenoxy) is 1. The van der Waals surface area contributed by atoms with E-state index in [9.17, 15) is 4.79 Å². The Morgan fingerprint density at radius 3 is 2.59 bits per heavy atom. The smallest absolute Gasteiger partial charge is 0.271 e. The highest BCUT2D eigenvalue weighted by molar-refractivity contribution is 9.10. The lowest BCUT2D eigenvalue weighted by Crippen LogP contribution is -2.38. The number of rotatable bonds is 4. The van der Waals surface area contributed by atoms with Crippen LogP contribution in [0.4, 0.5) is 5.69 Å². The number of hydrogen-bond donors (Lipinski definition) is 0. The van der Waals surface area contributed by atoms with Gasteiger partial charge < -0.3 is 9.64 Å². The number of hydrogen-bond acceptors (Lipinski definition) is 5. The zero-order valence-electron chi connectivity index (χ0n) is 20.9. The Bertz CT molecular complexity index is 1730. The Morgan fingerprint density at radius 2 is 1.86 bits per heavy atom. The molecule has 0 N–H and O–H groups in total. The molecule has 1 aromatic heterocycles. The van der Waals surface area contributed by atoms with Crippen molar-refractivity contribution in [3.05, 3.63) is 119 Å². The number of thiazole rings is 1. The summed E-state index contributed by atoms with van der Waals surface area (Å²) in [6, 6.07) is 22.5. The molecule has 2 aliphatic rings. The minimum Gasteiger partial charge on any atom is -0.497 e. The van der Waals surface area contributed by atoms with E-state index in [1.54, 1.807) is 7.11 Å². The number of methoxy groups -OCH3 is 1. The minimum atomic E-state index is -0.199. The minimum absolute atomic E-state index is 0.0113. The lowest BCUT2D eigenvalue weighted by atomic mass is 9.83. The summed E-state index contributed by atoms with van der Waals surface area (Å²) in [6.07, 6.45) is 3.78. The van der Waals surface area contributed by atoms with Gasteiger partial charge in [0.1, 0.15) is 5.75 Å². The average molecular weight is 573 g/mol. The fourth-order valence-electron chi connectivity index (χ4n) is 5.24. The average Bonchev–Trinajstić information content (AvgIpc) is 3.21. The molecule has 0 saturated carbocycles. The third-order valence-corrected chi connectivity index (χ3v) is 8.67. The van der Waals surface area contributed by atoms with Gasteiger partial charge in [-0.15, -0.1) is 0 Å². The summed E-state index contributed by atoms with van der Waals surface area (Å²) in [5.41, 5.74) is 7.79. The van der Waals surface area contributed by atoms with Crippen molar-refractivity contribution in [2.75, 3.05) is 26.1 Å². The standard InChI is InChI=1S/C30H26BrN3O2S/c1-33(2)25-15-8-18(16-24(25)31)17-26-29(35)34-28(20-9-12-21(36-3)13-10-20)23-14-11-19-6-4-5-7-22(19)27(23)32-30(34)37-26/h4-10,12-13,15-17,28H,11,14H2,1-3H3/b26-17-/t28-/m1/s1. The van der Waals surface area contributed by atoms with Gasteiger partial charge in [-0.1, -0.05) is 53.8 Å². The van der Waals surface area contributed by atoms with Crippen LogP contribution in [0.5, 0.6) is 5.75 Å². The fraction of sp³-hybridized carbons (Fsp3) is 0.200. The fourth-order valence-corrected chi connectivity index (χ4v) is 6.99. The highest BCUT2D eigenvalue weighted by Gasteiger charge is 2.32. The summed E-state index contributed by atoms with van der Waals surface area (Å²) in [6.45, 7) is 0. The molecule has 0 fully saturated rings. The predicted octanol–water partition coefficient (Wildman–Crippen LogP) is 5.16. The second-order valence-electron chi connectivity index (χ2n) is 9.49. The van der Waals surface area contributed by atoms with Gasteiger partial charge in [0.05, 0.1) is 29.1 Å². The maximum atomic E-state index is 13.9. The lowest BCUT2D eigenvalue weighted by molar-refractivity contribution is 0.414. The Morgan fingerprint density at radius 1 is 1.08 bits per heavy atom. The van der Waals surface area contributed by atoms with Crippen LogP contribution in [0.15, 0.2) is 86.6 Å². The SMILES string of the molecule is COc1ccc([C@@H]2C3=C(N=c4s/c(=C\c5ccc(N(C)C)c(Br)c5)c(=O)n42)c2ccccc2CC3)cc1. The van der Waals surface area contributed by atoms with E-state index < -0.39 is 0 Å². The summed E-state index contributed by atoms with van der Waals surface area (Å²) in [5, 5.41) is 0. The Balaban J connectivity index is 1.56. The third kappa shape index (κ3) is 4.16. The number of benzene rings is 3. The first-order valence-electron chi connectivity index (χ1n) is 12.2. The molecular formula is C30H26BrN3O2S. The van der Waals surface area contributed by atoms with E-state index >= 15 is 0 Å². The van der Waals surface area contributed by atoms with E-state index in [0.717, 1.165) is 50.4 Å². The van der Waals surface area contributed by atoms with Gasteiger partial charge in [0.15, 0.2) is 4.80 Å². The van der Waals surface area contributed by atoms with E-state index in [0.29, 0.717) is 4.53 Å². The molecule has 1 atom stereocenters. The van der Waals surface area contributed by atoms with Gasteiger partial charge in [0.25, 0.3) is 5.56 Å². The molecule has 7 heteroatoms. The van der Waals surface area contributed by atoms with E-state index in [1.165, 1.54) is 28.0 Å². The summed E-state index contributed by atoms with van der Waals surface area (Å²) < 4.78 is 8.94. The van der Waals surface area contributed by atoms with Gasteiger partial charge >= 0.3 is 0 Å². The first-order valence-corrected chi connectivity index (χ1v) is 13.8. The Hall–Kier alpha value is -3.42.